The summed E-state index contributed by atoms with van der Waals surface area (Å²) in [5.41, 5.74) is 16.1. The van der Waals surface area contributed by atoms with E-state index in [1.165, 1.54) is 6.92 Å². The number of carbonyl (C=O) groups excluding carboxylic acids is 8. The van der Waals surface area contributed by atoms with Crippen molar-refractivity contribution in [2.45, 2.75) is 129 Å². The summed E-state index contributed by atoms with van der Waals surface area (Å²) in [5, 5.41) is 26.5. The fourth-order valence-electron chi connectivity index (χ4n) is 6.51. The second kappa shape index (κ2) is 27.8. The van der Waals surface area contributed by atoms with Crippen LogP contribution in [0.15, 0.2) is 4.99 Å². The first-order chi connectivity index (χ1) is 30.2. The van der Waals surface area contributed by atoms with Crippen LogP contribution >= 0.6 is 7.82 Å². The summed E-state index contributed by atoms with van der Waals surface area (Å²) in [4.78, 5) is 141. The maximum atomic E-state index is 14.0. The summed E-state index contributed by atoms with van der Waals surface area (Å²) in [6, 6.07) is -9.11. The average Bonchev–Trinajstić information content (AvgIpc) is 3.70. The van der Waals surface area contributed by atoms with Crippen molar-refractivity contribution < 1.29 is 67.1 Å². The van der Waals surface area contributed by atoms with Crippen LogP contribution < -0.4 is 54.4 Å². The minimum absolute atomic E-state index is 0.0255. The summed E-state index contributed by atoms with van der Waals surface area (Å²) < 4.78 is 16.2. The van der Waals surface area contributed by atoms with E-state index in [1.807, 2.05) is 13.8 Å². The highest BCUT2D eigenvalue weighted by atomic mass is 31.2. The van der Waals surface area contributed by atoms with Crippen LogP contribution in [0.5, 0.6) is 0 Å². The number of rotatable bonds is 28. The Morgan fingerprint density at radius 2 is 1.31 bits per heavy atom. The molecule has 8 amide bonds. The molecule has 0 saturated carbocycles. The van der Waals surface area contributed by atoms with Gasteiger partial charge >= 0.3 is 13.8 Å². The molecule has 370 valence electrons. The van der Waals surface area contributed by atoms with Gasteiger partial charge in [-0.1, -0.05) is 41.5 Å². The molecule has 1 fully saturated rings. The molecule has 0 spiro atoms. The predicted octanol–water partition coefficient (Wildman–Crippen LogP) is -4.02. The molecule has 1 rings (SSSR count). The van der Waals surface area contributed by atoms with E-state index in [0.29, 0.717) is 0 Å². The topological polar surface area (TPSA) is 418 Å². The van der Waals surface area contributed by atoms with E-state index in [1.54, 1.807) is 27.7 Å². The van der Waals surface area contributed by atoms with Crippen LogP contribution in [0.2, 0.25) is 0 Å². The van der Waals surface area contributed by atoms with Gasteiger partial charge in [0.1, 0.15) is 42.3 Å². The molecule has 0 unspecified atom stereocenters. The second-order valence-electron chi connectivity index (χ2n) is 16.8. The molecule has 27 heteroatoms. The molecule has 16 N–H and O–H groups in total. The number of nitrogens with zero attached hydrogens (tertiary/aromatic N) is 2. The number of phosphoric acid groups is 1. The molecule has 26 nitrogen and oxygen atoms in total. The summed E-state index contributed by atoms with van der Waals surface area (Å²) >= 11 is 0. The van der Waals surface area contributed by atoms with Crippen LogP contribution in [0.1, 0.15) is 87.0 Å². The van der Waals surface area contributed by atoms with Crippen LogP contribution in [0, 0.1) is 17.8 Å². The number of nitrogens with one attached hydrogen (secondary N) is 7. The number of aliphatic imine (C=N–C) groups is 1. The molecule has 0 aromatic rings. The van der Waals surface area contributed by atoms with Crippen molar-refractivity contribution >= 4 is 67.0 Å². The van der Waals surface area contributed by atoms with Crippen LogP contribution in [-0.4, -0.2) is 154 Å². The minimum atomic E-state index is -5.22. The van der Waals surface area contributed by atoms with E-state index in [-0.39, 0.29) is 76.0 Å². The standard InChI is InChI=1S/C38H69N12O14P/c1-19(2)14-24(48-33(55)25(15-20(3)4)45-28(51)16-39)31(53)43-17-29(52)46-26(18-64-65(61,62)63)36(58)50-13-9-11-27(50)34(56)49-30(21(5)6)35(57)47-23(10-8-12-42-38(40)41)32(54)44-22(7)37(59)60/h19-27,30H,8-18,39H2,1-7H3,(H,43,53)(H,44,54)(H,45,51)(H,46,52)(H,47,57)(H,48,55)(H,49,56)(H,59,60)(H4,40,41,42)(H2,61,62,63)/t22-,23-,24-,25-,26-,27-,30-/m0/s1. The van der Waals surface area contributed by atoms with Gasteiger partial charge in [0.15, 0.2) is 5.96 Å². The van der Waals surface area contributed by atoms with E-state index in [4.69, 9.17) is 17.2 Å². The lowest BCUT2D eigenvalue weighted by atomic mass is 10.00. The average molecular weight is 949 g/mol. The van der Waals surface area contributed by atoms with Gasteiger partial charge in [-0.25, -0.2) is 4.57 Å². The minimum Gasteiger partial charge on any atom is -0.480 e. The number of phosphoric ester groups is 1. The number of likely N-dealkylation sites (tertiary alicyclic amines) is 1. The third-order valence-electron chi connectivity index (χ3n) is 9.74. The maximum absolute atomic E-state index is 14.0. The third kappa shape index (κ3) is 21.9. The van der Waals surface area contributed by atoms with E-state index >= 15 is 0 Å². The molecule has 65 heavy (non-hydrogen) atoms. The monoisotopic (exact) mass is 948 g/mol. The number of hydrogen-bond donors (Lipinski definition) is 13. The molecule has 1 aliphatic heterocycles. The quantitative estimate of drug-likeness (QED) is 0.0154. The van der Waals surface area contributed by atoms with E-state index < -0.39 is 122 Å². The summed E-state index contributed by atoms with van der Waals surface area (Å²) in [6.07, 6.45) is 0.850. The summed E-state index contributed by atoms with van der Waals surface area (Å²) in [7, 11) is -5.22. The molecule has 0 aliphatic carbocycles. The van der Waals surface area contributed by atoms with E-state index in [0.717, 1.165) is 4.90 Å². The largest absolute Gasteiger partial charge is 0.480 e. The van der Waals surface area contributed by atoms with Gasteiger partial charge in [-0.3, -0.25) is 52.7 Å². The van der Waals surface area contributed by atoms with Gasteiger partial charge in [-0.15, -0.1) is 0 Å². The Morgan fingerprint density at radius 3 is 1.83 bits per heavy atom. The van der Waals surface area contributed by atoms with Crippen LogP contribution in [0.25, 0.3) is 0 Å². The SMILES string of the molecule is CC(C)C[C@H](NC(=O)CN)C(=O)N[C@@H](CC(C)C)C(=O)NCC(=O)N[C@@H](COP(=O)(O)O)C(=O)N1CCC[C@H]1C(=O)N[C@H](C(=O)N[C@@H](CCCN=C(N)N)C(=O)N[C@@H](C)C(=O)O)C(C)C. The van der Waals surface area contributed by atoms with Gasteiger partial charge in [-0.2, -0.15) is 0 Å². The van der Waals surface area contributed by atoms with Gasteiger partial charge < -0.3 is 74.2 Å². The highest BCUT2D eigenvalue weighted by Gasteiger charge is 2.41. The number of carbonyl (C=O) groups is 9. The molecule has 1 saturated heterocycles. The number of amides is 8. The number of guanidine groups is 1. The highest BCUT2D eigenvalue weighted by Crippen LogP contribution is 2.36. The Balaban J connectivity index is 3.23. The molecule has 0 aromatic heterocycles. The number of nitrogens with two attached hydrogens (primary N) is 3. The van der Waals surface area contributed by atoms with Crippen LogP contribution in [-0.2, 0) is 52.2 Å². The molecule has 7 atom stereocenters. The van der Waals surface area contributed by atoms with Crippen molar-refractivity contribution in [1.29, 1.82) is 0 Å². The Bertz CT molecular complexity index is 1760. The number of aliphatic carboxylic acids is 1. The zero-order valence-corrected chi connectivity index (χ0v) is 38.9. The first-order valence-electron chi connectivity index (χ1n) is 21.2. The molecule has 0 radical (unpaired) electrons. The molecular weight excluding hydrogens is 879 g/mol. The van der Waals surface area contributed by atoms with Crippen molar-refractivity contribution in [3.63, 3.8) is 0 Å². The Hall–Kier alpha value is -5.43. The molecule has 0 aromatic carbocycles. The van der Waals surface area contributed by atoms with Crippen molar-refractivity contribution in [2.24, 2.45) is 39.9 Å². The molecule has 0 bridgehead atoms. The molecule has 1 aliphatic rings. The summed E-state index contributed by atoms with van der Waals surface area (Å²) in [5.74, 6) is -8.80. The van der Waals surface area contributed by atoms with Crippen LogP contribution in [0.4, 0.5) is 0 Å². The number of hydrogen-bond acceptors (Lipinski definition) is 13. The van der Waals surface area contributed by atoms with Gasteiger partial charge in [0, 0.05) is 13.1 Å². The normalized spacial score (nSPS) is 16.6. The fraction of sp³-hybridized carbons (Fsp3) is 0.737. The Kier molecular flexibility index (Phi) is 24.6. The number of carboxylic acid groups (broad SMARTS) is 1. The first kappa shape index (κ1) is 57.6. The zero-order valence-electron chi connectivity index (χ0n) is 38.0. The Morgan fingerprint density at radius 1 is 0.754 bits per heavy atom. The van der Waals surface area contributed by atoms with E-state index in [9.17, 15) is 62.6 Å². The lowest BCUT2D eigenvalue weighted by molar-refractivity contribution is -0.143. The van der Waals surface area contributed by atoms with E-state index in [2.05, 4.69) is 46.7 Å². The summed E-state index contributed by atoms with van der Waals surface area (Å²) in [6.45, 7) is 9.45. The highest BCUT2D eigenvalue weighted by molar-refractivity contribution is 7.46. The number of carboxylic acids is 1. The molecular formula is C38H69N12O14P. The fourth-order valence-corrected chi connectivity index (χ4v) is 6.85. The third-order valence-corrected chi connectivity index (χ3v) is 10.2. The van der Waals surface area contributed by atoms with Crippen molar-refractivity contribution in [3.05, 3.63) is 0 Å². The van der Waals surface area contributed by atoms with Crippen LogP contribution in [0.3, 0.4) is 0 Å². The smallest absolute Gasteiger partial charge is 0.469 e. The Labute approximate surface area is 377 Å². The zero-order chi connectivity index (χ0) is 49.8. The molecule has 1 heterocycles. The first-order valence-corrected chi connectivity index (χ1v) is 22.8. The predicted molar refractivity (Wildman–Crippen MR) is 233 cm³/mol. The second-order valence-corrected chi connectivity index (χ2v) is 18.0. The van der Waals surface area contributed by atoms with Gasteiger partial charge in [0.25, 0.3) is 0 Å². The maximum Gasteiger partial charge on any atom is 0.469 e. The van der Waals surface area contributed by atoms with Gasteiger partial charge in [0.2, 0.25) is 47.3 Å². The van der Waals surface area contributed by atoms with Crippen molar-refractivity contribution in [1.82, 2.24) is 42.1 Å². The van der Waals surface area contributed by atoms with Crippen molar-refractivity contribution in [2.75, 3.05) is 32.8 Å². The lowest BCUT2D eigenvalue weighted by Gasteiger charge is -2.31. The van der Waals surface area contributed by atoms with Gasteiger partial charge in [-0.05, 0) is 63.2 Å². The van der Waals surface area contributed by atoms with Gasteiger partial charge in [0.05, 0.1) is 19.7 Å². The van der Waals surface area contributed by atoms with Crippen molar-refractivity contribution in [3.8, 4) is 0 Å². The lowest BCUT2D eigenvalue weighted by Crippen LogP contribution is -2.60.